The van der Waals surface area contributed by atoms with E-state index in [2.05, 4.69) is 9.97 Å². The molecule has 2 heterocycles. The van der Waals surface area contributed by atoms with Crippen LogP contribution in [0.5, 0.6) is 0 Å². The van der Waals surface area contributed by atoms with E-state index in [-0.39, 0.29) is 0 Å². The van der Waals surface area contributed by atoms with Crippen LogP contribution in [-0.2, 0) is 0 Å². The average Bonchev–Trinajstić information content (AvgIpc) is 2.56. The lowest BCUT2D eigenvalue weighted by molar-refractivity contribution is 0.535. The number of aryl methyl sites for hydroxylation is 2. The highest BCUT2D eigenvalue weighted by molar-refractivity contribution is 5.72. The van der Waals surface area contributed by atoms with Crippen molar-refractivity contribution in [2.24, 2.45) is 0 Å². The molecule has 0 amide bonds. The van der Waals surface area contributed by atoms with E-state index in [0.29, 0.717) is 11.5 Å². The third-order valence-electron chi connectivity index (χ3n) is 2.05. The lowest BCUT2D eigenvalue weighted by atomic mass is 10.1. The second-order valence-electron chi connectivity index (χ2n) is 3.11. The summed E-state index contributed by atoms with van der Waals surface area (Å²) in [5.74, 6) is 1.52. The van der Waals surface area contributed by atoms with Crippen LogP contribution in [0, 0.1) is 13.8 Å². The van der Waals surface area contributed by atoms with Crippen molar-refractivity contribution in [2.75, 3.05) is 5.73 Å². The predicted octanol–water partition coefficient (Wildman–Crippen LogP) is 1.94. The van der Waals surface area contributed by atoms with Gasteiger partial charge in [0.05, 0.1) is 18.1 Å². The maximum atomic E-state index is 5.78. The van der Waals surface area contributed by atoms with Crippen LogP contribution in [0.25, 0.3) is 11.3 Å². The number of aromatic nitrogens is 2. The molecular weight excluding hydrogens is 178 g/mol. The molecule has 2 N–H and O–H groups in total. The Labute approximate surface area is 81.8 Å². The second-order valence-corrected chi connectivity index (χ2v) is 3.11. The van der Waals surface area contributed by atoms with Crippen LogP contribution < -0.4 is 5.73 Å². The molecule has 4 nitrogen and oxygen atoms in total. The molecule has 0 spiro atoms. The van der Waals surface area contributed by atoms with Gasteiger partial charge in [-0.25, -0.2) is 9.97 Å². The molecule has 0 atom stereocenters. The zero-order valence-electron chi connectivity index (χ0n) is 8.11. The summed E-state index contributed by atoms with van der Waals surface area (Å²) in [6.07, 6.45) is 3.24. The van der Waals surface area contributed by atoms with Crippen molar-refractivity contribution < 1.29 is 4.42 Å². The largest absolute Gasteiger partial charge is 0.469 e. The van der Waals surface area contributed by atoms with Crippen molar-refractivity contribution in [1.82, 2.24) is 9.97 Å². The van der Waals surface area contributed by atoms with E-state index in [4.69, 9.17) is 10.2 Å². The molecule has 0 bridgehead atoms. The molecular formula is C10H11N3O. The summed E-state index contributed by atoms with van der Waals surface area (Å²) in [5, 5.41) is 0. The van der Waals surface area contributed by atoms with Gasteiger partial charge in [0.1, 0.15) is 17.3 Å². The number of furan rings is 1. The molecule has 0 aliphatic rings. The van der Waals surface area contributed by atoms with Gasteiger partial charge in [0.2, 0.25) is 0 Å². The Hall–Kier alpha value is -1.84. The molecule has 2 aromatic rings. The minimum atomic E-state index is 0.570. The summed E-state index contributed by atoms with van der Waals surface area (Å²) in [6.45, 7) is 3.71. The van der Waals surface area contributed by atoms with E-state index in [1.54, 1.807) is 12.5 Å². The molecule has 2 aromatic heterocycles. The Kier molecular flexibility index (Phi) is 1.96. The summed E-state index contributed by atoms with van der Waals surface area (Å²) >= 11 is 0. The standard InChI is InChI=1S/C10H11N3O/c1-6-8(3-4-14-6)10-9(11)5-12-7(2)13-10/h3-5H,11H2,1-2H3. The lowest BCUT2D eigenvalue weighted by Gasteiger charge is -2.03. The number of nitrogens with zero attached hydrogens (tertiary/aromatic N) is 2. The van der Waals surface area contributed by atoms with Gasteiger partial charge in [0.15, 0.2) is 0 Å². The highest BCUT2D eigenvalue weighted by Gasteiger charge is 2.10. The average molecular weight is 189 g/mol. The van der Waals surface area contributed by atoms with Gasteiger partial charge >= 0.3 is 0 Å². The minimum Gasteiger partial charge on any atom is -0.469 e. The highest BCUT2D eigenvalue weighted by Crippen LogP contribution is 2.26. The molecule has 2 rings (SSSR count). The SMILES string of the molecule is Cc1ncc(N)c(-c2ccoc2C)n1. The fraction of sp³-hybridized carbons (Fsp3) is 0.200. The van der Waals surface area contributed by atoms with Crippen LogP contribution in [0.2, 0.25) is 0 Å². The first-order valence-electron chi connectivity index (χ1n) is 4.32. The van der Waals surface area contributed by atoms with Crippen LogP contribution in [0.4, 0.5) is 5.69 Å². The van der Waals surface area contributed by atoms with Crippen molar-refractivity contribution in [3.63, 3.8) is 0 Å². The maximum Gasteiger partial charge on any atom is 0.126 e. The van der Waals surface area contributed by atoms with E-state index >= 15 is 0 Å². The van der Waals surface area contributed by atoms with Crippen molar-refractivity contribution in [2.45, 2.75) is 13.8 Å². The van der Waals surface area contributed by atoms with Crippen LogP contribution in [0.1, 0.15) is 11.6 Å². The maximum absolute atomic E-state index is 5.78. The molecule has 14 heavy (non-hydrogen) atoms. The van der Waals surface area contributed by atoms with Crippen molar-refractivity contribution >= 4 is 5.69 Å². The van der Waals surface area contributed by atoms with Crippen molar-refractivity contribution in [3.8, 4) is 11.3 Å². The van der Waals surface area contributed by atoms with E-state index in [1.165, 1.54) is 0 Å². The number of rotatable bonds is 1. The van der Waals surface area contributed by atoms with Gasteiger partial charge in [-0.15, -0.1) is 0 Å². The van der Waals surface area contributed by atoms with Gasteiger partial charge in [0.25, 0.3) is 0 Å². The first-order valence-corrected chi connectivity index (χ1v) is 4.32. The first kappa shape index (κ1) is 8.74. The quantitative estimate of drug-likeness (QED) is 0.744. The fourth-order valence-corrected chi connectivity index (χ4v) is 1.33. The molecule has 0 aliphatic heterocycles. The zero-order chi connectivity index (χ0) is 10.1. The molecule has 0 unspecified atom stereocenters. The summed E-state index contributed by atoms with van der Waals surface area (Å²) in [4.78, 5) is 8.29. The van der Waals surface area contributed by atoms with Gasteiger partial charge in [-0.3, -0.25) is 0 Å². The van der Waals surface area contributed by atoms with Crippen LogP contribution in [-0.4, -0.2) is 9.97 Å². The smallest absolute Gasteiger partial charge is 0.126 e. The van der Waals surface area contributed by atoms with Gasteiger partial charge in [-0.2, -0.15) is 0 Å². The molecule has 0 radical (unpaired) electrons. The van der Waals surface area contributed by atoms with Crippen LogP contribution >= 0.6 is 0 Å². The van der Waals surface area contributed by atoms with E-state index in [0.717, 1.165) is 17.0 Å². The molecule has 0 aliphatic carbocycles. The predicted molar refractivity (Wildman–Crippen MR) is 53.6 cm³/mol. The van der Waals surface area contributed by atoms with Gasteiger partial charge in [-0.1, -0.05) is 0 Å². The normalized spacial score (nSPS) is 10.4. The number of nitrogens with two attached hydrogens (primary N) is 1. The topological polar surface area (TPSA) is 64.9 Å². The highest BCUT2D eigenvalue weighted by atomic mass is 16.3. The molecule has 72 valence electrons. The summed E-state index contributed by atoms with van der Waals surface area (Å²) < 4.78 is 5.20. The molecule has 0 aromatic carbocycles. The van der Waals surface area contributed by atoms with E-state index in [9.17, 15) is 0 Å². The second kappa shape index (κ2) is 3.14. The molecule has 0 saturated carbocycles. The lowest BCUT2D eigenvalue weighted by Crippen LogP contribution is -1.97. The monoisotopic (exact) mass is 189 g/mol. The Morgan fingerprint density at radius 2 is 2.14 bits per heavy atom. The van der Waals surface area contributed by atoms with Crippen LogP contribution in [0.3, 0.4) is 0 Å². The summed E-state index contributed by atoms with van der Waals surface area (Å²) in [6, 6.07) is 1.85. The molecule has 0 saturated heterocycles. The Morgan fingerprint density at radius 1 is 1.36 bits per heavy atom. The van der Waals surface area contributed by atoms with Crippen molar-refractivity contribution in [3.05, 3.63) is 30.1 Å². The third kappa shape index (κ3) is 1.35. The number of nitrogen functional groups attached to an aromatic ring is 1. The minimum absolute atomic E-state index is 0.570. The first-order chi connectivity index (χ1) is 6.68. The Balaban J connectivity index is 2.62. The number of anilines is 1. The summed E-state index contributed by atoms with van der Waals surface area (Å²) in [5.41, 5.74) is 8.02. The van der Waals surface area contributed by atoms with Gasteiger partial charge in [-0.05, 0) is 19.9 Å². The van der Waals surface area contributed by atoms with Crippen LogP contribution in [0.15, 0.2) is 22.9 Å². The summed E-state index contributed by atoms with van der Waals surface area (Å²) in [7, 11) is 0. The third-order valence-corrected chi connectivity index (χ3v) is 2.05. The van der Waals surface area contributed by atoms with Crippen molar-refractivity contribution in [1.29, 1.82) is 0 Å². The van der Waals surface area contributed by atoms with E-state index in [1.807, 2.05) is 19.9 Å². The number of hydrogen-bond donors (Lipinski definition) is 1. The molecule has 0 fully saturated rings. The van der Waals surface area contributed by atoms with Gasteiger partial charge < -0.3 is 10.2 Å². The number of hydrogen-bond acceptors (Lipinski definition) is 4. The van der Waals surface area contributed by atoms with E-state index < -0.39 is 0 Å². The fourth-order valence-electron chi connectivity index (χ4n) is 1.33. The molecule has 4 heteroatoms. The zero-order valence-corrected chi connectivity index (χ0v) is 8.11. The van der Waals surface area contributed by atoms with Gasteiger partial charge in [0, 0.05) is 5.56 Å². The Bertz CT molecular complexity index is 462. The Morgan fingerprint density at radius 3 is 2.79 bits per heavy atom.